The Balaban J connectivity index is 1.84. The maximum atomic E-state index is 7.92. The summed E-state index contributed by atoms with van der Waals surface area (Å²) >= 11 is 1.78. The number of hydrogen-bond donors (Lipinski definition) is 5. The summed E-state index contributed by atoms with van der Waals surface area (Å²) in [5, 5.41) is 25.7. The molecule has 0 atom stereocenters. The Hall–Kier alpha value is -2.61. The van der Waals surface area contributed by atoms with E-state index in [2.05, 4.69) is 32.2 Å². The van der Waals surface area contributed by atoms with E-state index in [4.69, 9.17) is 10.8 Å². The van der Waals surface area contributed by atoms with Gasteiger partial charge in [0.05, 0.1) is 11.3 Å². The van der Waals surface area contributed by atoms with Crippen LogP contribution in [0.1, 0.15) is 30.9 Å². The van der Waals surface area contributed by atoms with E-state index < -0.39 is 0 Å². The lowest BCUT2D eigenvalue weighted by Gasteiger charge is -2.15. The molecular weight excluding hydrogens is 358 g/mol. The minimum Gasteiger partial charge on any atom is -0.384 e. The molecule has 0 amide bonds. The Labute approximate surface area is 163 Å². The Kier molecular flexibility index (Phi) is 6.28. The minimum absolute atomic E-state index is 0.435. The Morgan fingerprint density at radius 3 is 2.78 bits per heavy atom. The van der Waals surface area contributed by atoms with Crippen molar-refractivity contribution >= 4 is 46.8 Å². The largest absolute Gasteiger partial charge is 0.384 e. The van der Waals surface area contributed by atoms with Crippen molar-refractivity contribution in [1.82, 2.24) is 9.97 Å². The van der Waals surface area contributed by atoms with Gasteiger partial charge in [0.15, 0.2) is 0 Å². The van der Waals surface area contributed by atoms with Crippen molar-refractivity contribution in [2.75, 3.05) is 34.5 Å². The average molecular weight is 384 g/mol. The van der Waals surface area contributed by atoms with Gasteiger partial charge in [-0.3, -0.25) is 0 Å². The van der Waals surface area contributed by atoms with Gasteiger partial charge in [-0.15, -0.1) is 0 Å². The summed E-state index contributed by atoms with van der Waals surface area (Å²) < 4.78 is 0. The number of nitrogens with one attached hydrogen (secondary N) is 5. The van der Waals surface area contributed by atoms with Crippen molar-refractivity contribution in [3.63, 3.8) is 0 Å². The normalized spacial score (nSPS) is 13.1. The third-order valence-electron chi connectivity index (χ3n) is 4.23. The monoisotopic (exact) mass is 383 g/mol. The Morgan fingerprint density at radius 1 is 1.33 bits per heavy atom. The van der Waals surface area contributed by atoms with Crippen LogP contribution in [0.3, 0.4) is 0 Å². The molecule has 3 rings (SSSR count). The van der Waals surface area contributed by atoms with E-state index in [9.17, 15) is 0 Å². The van der Waals surface area contributed by atoms with Crippen LogP contribution >= 0.6 is 11.8 Å². The second kappa shape index (κ2) is 8.85. The van der Waals surface area contributed by atoms with Crippen LogP contribution in [0.15, 0.2) is 24.4 Å². The van der Waals surface area contributed by atoms with Gasteiger partial charge in [-0.05, 0) is 38.2 Å². The van der Waals surface area contributed by atoms with Gasteiger partial charge in [-0.1, -0.05) is 6.07 Å². The zero-order valence-electron chi connectivity index (χ0n) is 15.6. The van der Waals surface area contributed by atoms with Gasteiger partial charge in [-0.25, -0.2) is 4.98 Å². The summed E-state index contributed by atoms with van der Waals surface area (Å²) in [5.41, 5.74) is 3.60. The summed E-state index contributed by atoms with van der Waals surface area (Å²) in [7, 11) is 0. The molecule has 0 aliphatic heterocycles. The highest BCUT2D eigenvalue weighted by Gasteiger charge is 2.23. The molecule has 1 heterocycles. The first-order chi connectivity index (χ1) is 13.1. The summed E-state index contributed by atoms with van der Waals surface area (Å²) in [5.74, 6) is 2.14. The first-order valence-corrected chi connectivity index (χ1v) is 10.3. The highest BCUT2D eigenvalue weighted by atomic mass is 32.2. The highest BCUT2D eigenvalue weighted by Crippen LogP contribution is 2.28. The average Bonchev–Trinajstić information content (AvgIpc) is 3.46. The van der Waals surface area contributed by atoms with E-state index >= 15 is 0 Å². The lowest BCUT2D eigenvalue weighted by atomic mass is 10.1. The Bertz CT molecular complexity index is 833. The van der Waals surface area contributed by atoms with E-state index in [1.54, 1.807) is 24.9 Å². The van der Waals surface area contributed by atoms with E-state index in [-0.39, 0.29) is 0 Å². The molecule has 0 saturated heterocycles. The zero-order valence-corrected chi connectivity index (χ0v) is 16.4. The molecule has 2 aromatic rings. The number of hydrogen-bond acceptors (Lipinski definition) is 8. The summed E-state index contributed by atoms with van der Waals surface area (Å²) in [6.07, 6.45) is 7.34. The highest BCUT2D eigenvalue weighted by molar-refractivity contribution is 7.98. The van der Waals surface area contributed by atoms with Crippen LogP contribution in [0.2, 0.25) is 0 Å². The summed E-state index contributed by atoms with van der Waals surface area (Å²) in [4.78, 5) is 8.94. The predicted octanol–water partition coefficient (Wildman–Crippen LogP) is 3.95. The third kappa shape index (κ3) is 4.97. The first kappa shape index (κ1) is 19.2. The molecule has 1 aliphatic carbocycles. The topological polar surface area (TPSA) is 110 Å². The van der Waals surface area contributed by atoms with Crippen LogP contribution in [0.4, 0.5) is 23.1 Å². The molecule has 0 radical (unpaired) electrons. The van der Waals surface area contributed by atoms with Crippen molar-refractivity contribution in [2.24, 2.45) is 0 Å². The van der Waals surface area contributed by atoms with E-state index in [1.807, 2.05) is 18.2 Å². The number of rotatable bonds is 10. The molecule has 0 bridgehead atoms. The van der Waals surface area contributed by atoms with Gasteiger partial charge in [0.2, 0.25) is 5.95 Å². The van der Waals surface area contributed by atoms with Crippen LogP contribution in [0.25, 0.3) is 0 Å². The summed E-state index contributed by atoms with van der Waals surface area (Å²) in [6.45, 7) is 2.57. The first-order valence-electron chi connectivity index (χ1n) is 8.94. The fourth-order valence-corrected chi connectivity index (χ4v) is 2.95. The fourth-order valence-electron chi connectivity index (χ4n) is 2.64. The number of anilines is 4. The van der Waals surface area contributed by atoms with Crippen LogP contribution < -0.4 is 16.0 Å². The lowest BCUT2D eigenvalue weighted by Crippen LogP contribution is -2.12. The Morgan fingerprint density at radius 2 is 2.11 bits per heavy atom. The maximum absolute atomic E-state index is 7.92. The number of thioether (sulfide) groups is 1. The van der Waals surface area contributed by atoms with E-state index in [0.717, 1.165) is 42.1 Å². The van der Waals surface area contributed by atoms with Gasteiger partial charge < -0.3 is 26.8 Å². The maximum Gasteiger partial charge on any atom is 0.229 e. The van der Waals surface area contributed by atoms with Gasteiger partial charge in [0.1, 0.15) is 5.82 Å². The predicted molar refractivity (Wildman–Crippen MR) is 116 cm³/mol. The third-order valence-corrected chi connectivity index (χ3v) is 4.84. The molecule has 8 heteroatoms. The molecule has 7 nitrogen and oxygen atoms in total. The molecule has 27 heavy (non-hydrogen) atoms. The zero-order chi connectivity index (χ0) is 19.2. The van der Waals surface area contributed by atoms with Crippen molar-refractivity contribution in [1.29, 1.82) is 10.8 Å². The van der Waals surface area contributed by atoms with Crippen LogP contribution in [-0.2, 0) is 0 Å². The van der Waals surface area contributed by atoms with Crippen LogP contribution in [0, 0.1) is 10.8 Å². The van der Waals surface area contributed by atoms with Crippen molar-refractivity contribution in [3.8, 4) is 0 Å². The number of nitrogens with zero attached hydrogens (tertiary/aromatic N) is 2. The number of aromatic nitrogens is 2. The van der Waals surface area contributed by atoms with Gasteiger partial charge in [0, 0.05) is 47.7 Å². The quantitative estimate of drug-likeness (QED) is 0.314. The summed E-state index contributed by atoms with van der Waals surface area (Å²) in [6, 6.07) is 6.25. The molecule has 142 valence electrons. The SMILES string of the molecule is CSCCNc1cccc(Nc2ncc(C(C)=N)c(NC3CC3)n2)c1C=N. The van der Waals surface area contributed by atoms with Crippen LogP contribution in [-0.4, -0.2) is 46.5 Å². The fraction of sp³-hybridized carbons (Fsp3) is 0.368. The van der Waals surface area contributed by atoms with Gasteiger partial charge >= 0.3 is 0 Å². The molecule has 1 fully saturated rings. The van der Waals surface area contributed by atoms with Crippen molar-refractivity contribution in [2.45, 2.75) is 25.8 Å². The van der Waals surface area contributed by atoms with Crippen molar-refractivity contribution < 1.29 is 0 Å². The van der Waals surface area contributed by atoms with Gasteiger partial charge in [0.25, 0.3) is 0 Å². The molecule has 1 aliphatic rings. The second-order valence-corrected chi connectivity index (χ2v) is 7.44. The number of benzene rings is 1. The molecule has 1 saturated carbocycles. The van der Waals surface area contributed by atoms with Crippen LogP contribution in [0.5, 0.6) is 0 Å². The molecule has 1 aromatic carbocycles. The van der Waals surface area contributed by atoms with Gasteiger partial charge in [-0.2, -0.15) is 16.7 Å². The second-order valence-electron chi connectivity index (χ2n) is 6.46. The van der Waals surface area contributed by atoms with E-state index in [1.165, 1.54) is 6.21 Å². The standard InChI is InChI=1S/C19H25N7S/c1-12(21)15-11-23-19(26-18(15)24-13-6-7-13)25-17-5-3-4-16(14(17)10-20)22-8-9-27-2/h3-5,10-11,13,20-22H,6-9H2,1-2H3,(H2,23,24,25,26). The molecule has 1 aromatic heterocycles. The molecule has 0 unspecified atom stereocenters. The smallest absolute Gasteiger partial charge is 0.229 e. The molecular formula is C19H25N7S. The molecule has 5 N–H and O–H groups in total. The van der Waals surface area contributed by atoms with Crippen molar-refractivity contribution in [3.05, 3.63) is 35.5 Å². The lowest BCUT2D eigenvalue weighted by molar-refractivity contribution is 1.08. The van der Waals surface area contributed by atoms with E-state index in [0.29, 0.717) is 29.1 Å². The molecule has 0 spiro atoms. The minimum atomic E-state index is 0.435.